The molecule has 0 spiro atoms. The minimum Gasteiger partial charge on any atom is -0.465 e. The lowest BCUT2D eigenvalue weighted by Crippen LogP contribution is -2.40. The molecule has 208 valence electrons. The van der Waals surface area contributed by atoms with Gasteiger partial charge in [-0.15, -0.1) is 0 Å². The average molecular weight is 554 g/mol. The lowest BCUT2D eigenvalue weighted by molar-refractivity contribution is -0.137. The van der Waals surface area contributed by atoms with Gasteiger partial charge in [-0.3, -0.25) is 15.0 Å². The zero-order valence-corrected chi connectivity index (χ0v) is 21.7. The van der Waals surface area contributed by atoms with E-state index in [1.807, 2.05) is 0 Å². The summed E-state index contributed by atoms with van der Waals surface area (Å²) in [6, 6.07) is 13.7. The highest BCUT2D eigenvalue weighted by Crippen LogP contribution is 2.34. The molecule has 1 heterocycles. The van der Waals surface area contributed by atoms with Crippen molar-refractivity contribution in [2.75, 3.05) is 38.7 Å². The van der Waals surface area contributed by atoms with Crippen molar-refractivity contribution in [3.05, 3.63) is 99.6 Å². The molecule has 40 heavy (non-hydrogen) atoms. The van der Waals surface area contributed by atoms with Crippen LogP contribution >= 0.6 is 0 Å². The van der Waals surface area contributed by atoms with Crippen LogP contribution < -0.4 is 5.32 Å². The summed E-state index contributed by atoms with van der Waals surface area (Å²) < 4.78 is 51.2. The monoisotopic (exact) mass is 553 g/mol. The minimum absolute atomic E-state index is 0.0115. The summed E-state index contributed by atoms with van der Waals surface area (Å²) >= 11 is 0. The number of hydrogen-bond acceptors (Lipinski definition) is 6. The second-order valence-corrected chi connectivity index (χ2v) is 9.06. The first-order chi connectivity index (χ1) is 19.0. The first kappa shape index (κ1) is 28.5. The highest BCUT2D eigenvalue weighted by molar-refractivity contribution is 6.17. The maximum absolute atomic E-state index is 13.7. The van der Waals surface area contributed by atoms with Gasteiger partial charge in [-0.2, -0.15) is 13.2 Å². The van der Waals surface area contributed by atoms with Crippen LogP contribution in [0.4, 0.5) is 18.9 Å². The number of esters is 1. The van der Waals surface area contributed by atoms with E-state index in [9.17, 15) is 27.6 Å². The normalized spacial score (nSPS) is 13.5. The maximum Gasteiger partial charge on any atom is 0.417 e. The van der Waals surface area contributed by atoms with E-state index in [0.29, 0.717) is 31.9 Å². The molecule has 1 aliphatic heterocycles. The summed E-state index contributed by atoms with van der Waals surface area (Å²) in [5, 5.41) is 11.3. The molecular weight excluding hydrogens is 527 g/mol. The predicted molar refractivity (Wildman–Crippen MR) is 141 cm³/mol. The molecule has 0 saturated carbocycles. The van der Waals surface area contributed by atoms with Gasteiger partial charge >= 0.3 is 12.1 Å². The van der Waals surface area contributed by atoms with Gasteiger partial charge in [0.2, 0.25) is 0 Å². The van der Waals surface area contributed by atoms with Gasteiger partial charge in [0, 0.05) is 29.8 Å². The van der Waals surface area contributed by atoms with E-state index in [4.69, 9.17) is 14.9 Å². The molecule has 11 heteroatoms. The summed E-state index contributed by atoms with van der Waals surface area (Å²) in [7, 11) is 1.24. The highest BCUT2D eigenvalue weighted by Gasteiger charge is 2.36. The summed E-state index contributed by atoms with van der Waals surface area (Å²) in [6.07, 6.45) is -4.77. The van der Waals surface area contributed by atoms with Crippen molar-refractivity contribution in [1.82, 2.24) is 4.90 Å². The summed E-state index contributed by atoms with van der Waals surface area (Å²) in [4.78, 5) is 39.8. The number of nitrogens with zero attached hydrogens (tertiary/aromatic N) is 1. The summed E-state index contributed by atoms with van der Waals surface area (Å²) in [5.41, 5.74) is -0.653. The van der Waals surface area contributed by atoms with Crippen LogP contribution in [-0.4, -0.2) is 61.8 Å². The molecule has 4 rings (SSSR count). The number of anilines is 1. The number of ether oxygens (including phenoxy) is 2. The van der Waals surface area contributed by atoms with E-state index in [1.165, 1.54) is 68.6 Å². The van der Waals surface area contributed by atoms with Gasteiger partial charge in [0.25, 0.3) is 11.8 Å². The minimum atomic E-state index is -4.77. The Labute approximate surface area is 228 Å². The molecular formula is C29H26F3N3O5. The number of benzene rings is 3. The van der Waals surface area contributed by atoms with Crippen LogP contribution in [0.5, 0.6) is 0 Å². The summed E-state index contributed by atoms with van der Waals surface area (Å²) in [5.74, 6) is -1.93. The number of morpholine rings is 1. The Morgan fingerprint density at radius 1 is 0.950 bits per heavy atom. The Kier molecular flexibility index (Phi) is 8.34. The Balaban J connectivity index is 1.75. The van der Waals surface area contributed by atoms with Crippen molar-refractivity contribution < 1.29 is 37.0 Å². The number of halogens is 3. The van der Waals surface area contributed by atoms with Gasteiger partial charge in [0.15, 0.2) is 0 Å². The second-order valence-electron chi connectivity index (χ2n) is 9.06. The van der Waals surface area contributed by atoms with Gasteiger partial charge in [-0.25, -0.2) is 4.79 Å². The van der Waals surface area contributed by atoms with Gasteiger partial charge in [0.05, 0.1) is 48.4 Å². The standard InChI is InChI=1S/C29H26F3N3O5/c1-17-4-3-5-22(29(30,31)32)24(17)26(36)34-23-16-20(27(37)35-12-14-40-15-13-35)10-11-21(23)25(33)18-6-8-19(9-7-18)28(38)39-2/h3-11,16,33H,12-15H2,1-2H3,(H,34,36). The SMILES string of the molecule is COC(=O)c1ccc(C(=N)c2ccc(C(=O)N3CCOCC3)cc2NC(=O)c2c(C)cccc2C(F)(F)F)cc1. The van der Waals surface area contributed by atoms with E-state index < -0.39 is 29.2 Å². The van der Waals surface area contributed by atoms with E-state index in [-0.39, 0.29) is 39.6 Å². The highest BCUT2D eigenvalue weighted by atomic mass is 19.4. The number of nitrogens with one attached hydrogen (secondary N) is 2. The number of methoxy groups -OCH3 is 1. The predicted octanol–water partition coefficient (Wildman–Crippen LogP) is 4.94. The van der Waals surface area contributed by atoms with Crippen molar-refractivity contribution in [3.63, 3.8) is 0 Å². The molecule has 1 aliphatic rings. The van der Waals surface area contributed by atoms with Crippen molar-refractivity contribution in [2.24, 2.45) is 0 Å². The first-order valence-electron chi connectivity index (χ1n) is 12.3. The summed E-state index contributed by atoms with van der Waals surface area (Å²) in [6.45, 7) is 2.86. The lowest BCUT2D eigenvalue weighted by Gasteiger charge is -2.27. The van der Waals surface area contributed by atoms with Crippen molar-refractivity contribution in [3.8, 4) is 0 Å². The number of amides is 2. The Hall–Kier alpha value is -4.51. The third-order valence-electron chi connectivity index (χ3n) is 6.48. The Morgan fingerprint density at radius 2 is 1.57 bits per heavy atom. The van der Waals surface area contributed by atoms with Crippen molar-refractivity contribution >= 4 is 29.2 Å². The molecule has 0 atom stereocenters. The zero-order valence-electron chi connectivity index (χ0n) is 21.7. The van der Waals surface area contributed by atoms with Crippen LogP contribution in [0.1, 0.15) is 53.3 Å². The lowest BCUT2D eigenvalue weighted by atomic mass is 9.96. The van der Waals surface area contributed by atoms with Crippen LogP contribution in [0.3, 0.4) is 0 Å². The van der Waals surface area contributed by atoms with E-state index >= 15 is 0 Å². The molecule has 0 radical (unpaired) electrons. The fourth-order valence-electron chi connectivity index (χ4n) is 4.38. The Morgan fingerprint density at radius 3 is 2.20 bits per heavy atom. The molecule has 0 bridgehead atoms. The van der Waals surface area contributed by atoms with Gasteiger partial charge in [-0.1, -0.05) is 24.3 Å². The van der Waals surface area contributed by atoms with Crippen molar-refractivity contribution in [1.29, 1.82) is 5.41 Å². The fourth-order valence-corrected chi connectivity index (χ4v) is 4.38. The molecule has 3 aromatic carbocycles. The third kappa shape index (κ3) is 6.04. The molecule has 0 unspecified atom stereocenters. The molecule has 0 aliphatic carbocycles. The van der Waals surface area contributed by atoms with E-state index in [1.54, 1.807) is 4.90 Å². The van der Waals surface area contributed by atoms with Crippen LogP contribution in [0.15, 0.2) is 60.7 Å². The molecule has 2 amide bonds. The molecule has 1 saturated heterocycles. The topological polar surface area (TPSA) is 109 Å². The number of rotatable bonds is 6. The quantitative estimate of drug-likeness (QED) is 0.332. The molecule has 0 aromatic heterocycles. The van der Waals surface area contributed by atoms with E-state index in [2.05, 4.69) is 5.32 Å². The van der Waals surface area contributed by atoms with Crippen LogP contribution in [0, 0.1) is 12.3 Å². The maximum atomic E-state index is 13.7. The number of carbonyl (C=O) groups is 3. The smallest absolute Gasteiger partial charge is 0.417 e. The zero-order chi connectivity index (χ0) is 29.0. The van der Waals surface area contributed by atoms with Crippen molar-refractivity contribution in [2.45, 2.75) is 13.1 Å². The van der Waals surface area contributed by atoms with Gasteiger partial charge in [0.1, 0.15) is 0 Å². The second kappa shape index (κ2) is 11.7. The van der Waals surface area contributed by atoms with Crippen LogP contribution in [0.25, 0.3) is 0 Å². The number of carbonyl (C=O) groups excluding carboxylic acids is 3. The average Bonchev–Trinajstić information content (AvgIpc) is 2.95. The van der Waals surface area contributed by atoms with Gasteiger partial charge < -0.3 is 19.7 Å². The van der Waals surface area contributed by atoms with E-state index in [0.717, 1.165) is 6.07 Å². The number of alkyl halides is 3. The largest absolute Gasteiger partial charge is 0.465 e. The third-order valence-corrected chi connectivity index (χ3v) is 6.48. The molecule has 1 fully saturated rings. The Bertz CT molecular complexity index is 1460. The molecule has 2 N–H and O–H groups in total. The molecule has 8 nitrogen and oxygen atoms in total. The number of hydrogen-bond donors (Lipinski definition) is 2. The first-order valence-corrected chi connectivity index (χ1v) is 12.3. The van der Waals surface area contributed by atoms with Crippen LogP contribution in [-0.2, 0) is 15.7 Å². The molecule has 3 aromatic rings. The van der Waals surface area contributed by atoms with Crippen LogP contribution in [0.2, 0.25) is 0 Å². The van der Waals surface area contributed by atoms with Gasteiger partial charge in [-0.05, 0) is 48.9 Å². The fraction of sp³-hybridized carbons (Fsp3) is 0.241. The number of aryl methyl sites for hydroxylation is 1.